The Labute approximate surface area is 116 Å². The summed E-state index contributed by atoms with van der Waals surface area (Å²) in [7, 11) is 2.85. The molecule has 1 aromatic rings. The van der Waals surface area contributed by atoms with Gasteiger partial charge in [-0.1, -0.05) is 20.8 Å². The number of esters is 1. The Morgan fingerprint density at radius 1 is 1.26 bits per heavy atom. The van der Waals surface area contributed by atoms with Crippen LogP contribution in [0.25, 0.3) is 0 Å². The van der Waals surface area contributed by atoms with Crippen molar-refractivity contribution in [2.75, 3.05) is 14.2 Å². The van der Waals surface area contributed by atoms with Gasteiger partial charge in [-0.15, -0.1) is 11.3 Å². The van der Waals surface area contributed by atoms with Crippen molar-refractivity contribution in [2.24, 2.45) is 5.41 Å². The molecule has 1 heterocycles. The molecule has 106 valence electrons. The summed E-state index contributed by atoms with van der Waals surface area (Å²) in [6, 6.07) is 0. The van der Waals surface area contributed by atoms with Crippen LogP contribution in [0.15, 0.2) is 0 Å². The first-order valence-electron chi connectivity index (χ1n) is 5.85. The minimum absolute atomic E-state index is 0.0706. The molecule has 1 rings (SSSR count). The number of thiazole rings is 1. The van der Waals surface area contributed by atoms with Crippen molar-refractivity contribution in [3.63, 3.8) is 0 Å². The number of hydrogen-bond donors (Lipinski definition) is 0. The number of Topliss-reactive ketones (excluding diaryl/α,β-unsaturated/α-hetero) is 1. The molecule has 0 aliphatic heterocycles. The highest BCUT2D eigenvalue weighted by Crippen LogP contribution is 2.38. The standard InChI is InChI=1S/C13H19NO4S/c1-7(15)9-8(12(16)18-6)14-11(19-9)10(17-5)13(2,3)4/h10H,1-6H3. The van der Waals surface area contributed by atoms with Crippen LogP contribution in [-0.4, -0.2) is 31.0 Å². The molecule has 0 saturated heterocycles. The quantitative estimate of drug-likeness (QED) is 0.628. The second kappa shape index (κ2) is 5.79. The topological polar surface area (TPSA) is 65.5 Å². The molecule has 0 aromatic carbocycles. The molecular weight excluding hydrogens is 266 g/mol. The predicted octanol–water partition coefficient (Wildman–Crippen LogP) is 2.87. The number of nitrogens with zero attached hydrogens (tertiary/aromatic N) is 1. The van der Waals surface area contributed by atoms with Crippen molar-refractivity contribution in [1.82, 2.24) is 4.98 Å². The van der Waals surface area contributed by atoms with Crippen LogP contribution < -0.4 is 0 Å². The van der Waals surface area contributed by atoms with Crippen molar-refractivity contribution < 1.29 is 19.1 Å². The molecule has 0 bridgehead atoms. The third-order valence-electron chi connectivity index (χ3n) is 2.59. The molecule has 1 aromatic heterocycles. The average Bonchev–Trinajstić information content (AvgIpc) is 2.71. The Bertz CT molecular complexity index is 487. The number of carbonyl (C=O) groups excluding carboxylic acids is 2. The lowest BCUT2D eigenvalue weighted by Crippen LogP contribution is -2.20. The van der Waals surface area contributed by atoms with Gasteiger partial charge in [0.2, 0.25) is 0 Å². The van der Waals surface area contributed by atoms with E-state index in [4.69, 9.17) is 4.74 Å². The third-order valence-corrected chi connectivity index (χ3v) is 3.79. The van der Waals surface area contributed by atoms with E-state index in [-0.39, 0.29) is 23.0 Å². The first-order chi connectivity index (χ1) is 8.72. The van der Waals surface area contributed by atoms with E-state index in [0.29, 0.717) is 9.88 Å². The first-order valence-corrected chi connectivity index (χ1v) is 6.66. The molecule has 0 fully saturated rings. The minimum Gasteiger partial charge on any atom is -0.464 e. The summed E-state index contributed by atoms with van der Waals surface area (Å²) < 4.78 is 10.1. The van der Waals surface area contributed by atoms with E-state index in [1.807, 2.05) is 20.8 Å². The number of hydrogen-bond acceptors (Lipinski definition) is 6. The molecular formula is C13H19NO4S. The zero-order valence-electron chi connectivity index (χ0n) is 12.1. The van der Waals surface area contributed by atoms with Gasteiger partial charge < -0.3 is 9.47 Å². The number of aromatic nitrogens is 1. The van der Waals surface area contributed by atoms with Crippen LogP contribution in [0.5, 0.6) is 0 Å². The van der Waals surface area contributed by atoms with E-state index in [2.05, 4.69) is 9.72 Å². The van der Waals surface area contributed by atoms with E-state index >= 15 is 0 Å². The summed E-state index contributed by atoms with van der Waals surface area (Å²) in [6.07, 6.45) is -0.283. The Morgan fingerprint density at radius 3 is 2.21 bits per heavy atom. The van der Waals surface area contributed by atoms with Gasteiger partial charge in [0.15, 0.2) is 11.5 Å². The average molecular weight is 285 g/mol. The van der Waals surface area contributed by atoms with Gasteiger partial charge in [-0.2, -0.15) is 0 Å². The molecule has 1 unspecified atom stereocenters. The predicted molar refractivity (Wildman–Crippen MR) is 72.7 cm³/mol. The lowest BCUT2D eigenvalue weighted by atomic mass is 9.89. The summed E-state index contributed by atoms with van der Waals surface area (Å²) in [6.45, 7) is 7.43. The summed E-state index contributed by atoms with van der Waals surface area (Å²) in [5.41, 5.74) is -0.116. The van der Waals surface area contributed by atoms with Crippen LogP contribution >= 0.6 is 11.3 Å². The van der Waals surface area contributed by atoms with Crippen LogP contribution in [0.2, 0.25) is 0 Å². The molecule has 1 atom stereocenters. The SMILES string of the molecule is COC(=O)c1nc(C(OC)C(C)(C)C)sc1C(C)=O. The lowest BCUT2D eigenvalue weighted by Gasteiger charge is -2.27. The zero-order chi connectivity index (χ0) is 14.8. The molecule has 0 aliphatic rings. The van der Waals surface area contributed by atoms with Crippen molar-refractivity contribution in [3.8, 4) is 0 Å². The molecule has 0 spiro atoms. The monoisotopic (exact) mass is 285 g/mol. The first kappa shape index (κ1) is 15.8. The zero-order valence-corrected chi connectivity index (χ0v) is 12.9. The van der Waals surface area contributed by atoms with Gasteiger partial charge in [0, 0.05) is 14.0 Å². The van der Waals surface area contributed by atoms with Crippen molar-refractivity contribution in [1.29, 1.82) is 0 Å². The largest absolute Gasteiger partial charge is 0.464 e. The Morgan fingerprint density at radius 2 is 1.84 bits per heavy atom. The van der Waals surface area contributed by atoms with Crippen molar-refractivity contribution >= 4 is 23.1 Å². The van der Waals surface area contributed by atoms with Crippen LogP contribution in [0, 0.1) is 5.41 Å². The van der Waals surface area contributed by atoms with E-state index < -0.39 is 5.97 Å². The number of ketones is 1. The molecule has 5 nitrogen and oxygen atoms in total. The molecule has 19 heavy (non-hydrogen) atoms. The Hall–Kier alpha value is -1.27. The maximum Gasteiger partial charge on any atom is 0.358 e. The molecule has 0 saturated carbocycles. The van der Waals surface area contributed by atoms with E-state index in [1.54, 1.807) is 7.11 Å². The second-order valence-corrected chi connectivity index (χ2v) is 6.29. The van der Waals surface area contributed by atoms with Crippen LogP contribution in [-0.2, 0) is 9.47 Å². The highest BCUT2D eigenvalue weighted by molar-refractivity contribution is 7.14. The normalized spacial score (nSPS) is 13.2. The lowest BCUT2D eigenvalue weighted by molar-refractivity contribution is 0.0148. The van der Waals surface area contributed by atoms with Gasteiger partial charge in [0.05, 0.1) is 7.11 Å². The fourth-order valence-electron chi connectivity index (χ4n) is 1.75. The third kappa shape index (κ3) is 3.39. The van der Waals surface area contributed by atoms with Crippen LogP contribution in [0.3, 0.4) is 0 Å². The Kier molecular flexibility index (Phi) is 4.81. The number of ether oxygens (including phenoxy) is 2. The number of methoxy groups -OCH3 is 2. The van der Waals surface area contributed by atoms with Gasteiger partial charge in [0.1, 0.15) is 16.0 Å². The fraction of sp³-hybridized carbons (Fsp3) is 0.615. The van der Waals surface area contributed by atoms with E-state index in [9.17, 15) is 9.59 Å². The summed E-state index contributed by atoms with van der Waals surface area (Å²) in [4.78, 5) is 27.8. The smallest absolute Gasteiger partial charge is 0.358 e. The van der Waals surface area contributed by atoms with Crippen LogP contribution in [0.4, 0.5) is 0 Å². The Balaban J connectivity index is 3.32. The maximum absolute atomic E-state index is 11.6. The van der Waals surface area contributed by atoms with Gasteiger partial charge in [-0.25, -0.2) is 9.78 Å². The second-order valence-electron chi connectivity index (χ2n) is 5.26. The summed E-state index contributed by atoms with van der Waals surface area (Å²) >= 11 is 1.18. The van der Waals surface area contributed by atoms with Gasteiger partial charge in [0.25, 0.3) is 0 Å². The number of carbonyl (C=O) groups is 2. The maximum atomic E-state index is 11.6. The highest BCUT2D eigenvalue weighted by Gasteiger charge is 2.32. The molecule has 0 N–H and O–H groups in total. The van der Waals surface area contributed by atoms with Crippen molar-refractivity contribution in [2.45, 2.75) is 33.8 Å². The highest BCUT2D eigenvalue weighted by atomic mass is 32.1. The van der Waals surface area contributed by atoms with Gasteiger partial charge in [-0.3, -0.25) is 4.79 Å². The molecule has 0 amide bonds. The minimum atomic E-state index is -0.600. The molecule has 6 heteroatoms. The summed E-state index contributed by atoms with van der Waals surface area (Å²) in [5.74, 6) is -0.802. The van der Waals surface area contributed by atoms with E-state index in [0.717, 1.165) is 0 Å². The summed E-state index contributed by atoms with van der Waals surface area (Å²) in [5, 5.41) is 0.612. The fourth-order valence-corrected chi connectivity index (χ4v) is 3.02. The molecule has 0 radical (unpaired) electrons. The van der Waals surface area contributed by atoms with Crippen LogP contribution in [0.1, 0.15) is 59.0 Å². The van der Waals surface area contributed by atoms with Gasteiger partial charge in [-0.05, 0) is 5.41 Å². The van der Waals surface area contributed by atoms with Crippen molar-refractivity contribution in [3.05, 3.63) is 15.6 Å². The van der Waals surface area contributed by atoms with Gasteiger partial charge >= 0.3 is 5.97 Å². The van der Waals surface area contributed by atoms with E-state index in [1.165, 1.54) is 25.4 Å². The number of rotatable bonds is 4. The molecule has 0 aliphatic carbocycles.